The van der Waals surface area contributed by atoms with Crippen LogP contribution < -0.4 is 10.6 Å². The number of nitriles is 1. The number of pyridine rings is 1. The van der Waals surface area contributed by atoms with E-state index < -0.39 is 10.8 Å². The standard InChI is InChI=1S/C21H19N5O3S/c1-21(2)8-14-19(15(27)9-21)18(16-5-6-17(30-16)26(28)29)13(10-22)20(23)25(14)12-4-3-7-24-11-12/h3-7,11,18H,8-9,23H2,1-2H3/t18-/m1/s1. The van der Waals surface area contributed by atoms with Crippen molar-refractivity contribution >= 4 is 27.8 Å². The molecule has 0 fully saturated rings. The van der Waals surface area contributed by atoms with Gasteiger partial charge in [0.2, 0.25) is 0 Å². The molecular weight excluding hydrogens is 402 g/mol. The van der Waals surface area contributed by atoms with Gasteiger partial charge < -0.3 is 5.73 Å². The molecular formula is C21H19N5O3S. The molecule has 1 aliphatic heterocycles. The zero-order chi connectivity index (χ0) is 21.6. The van der Waals surface area contributed by atoms with Crippen LogP contribution in [0.1, 0.15) is 37.5 Å². The van der Waals surface area contributed by atoms with Crippen molar-refractivity contribution in [1.82, 2.24) is 4.98 Å². The van der Waals surface area contributed by atoms with Crippen LogP contribution in [0.4, 0.5) is 10.7 Å². The van der Waals surface area contributed by atoms with E-state index in [2.05, 4.69) is 11.1 Å². The van der Waals surface area contributed by atoms with Gasteiger partial charge in [-0.25, -0.2) is 0 Å². The van der Waals surface area contributed by atoms with Gasteiger partial charge >= 0.3 is 5.00 Å². The quantitative estimate of drug-likeness (QED) is 0.586. The smallest absolute Gasteiger partial charge is 0.324 e. The maximum atomic E-state index is 13.3. The average molecular weight is 421 g/mol. The lowest BCUT2D eigenvalue weighted by atomic mass is 9.69. The summed E-state index contributed by atoms with van der Waals surface area (Å²) in [5, 5.41) is 21.1. The molecule has 0 radical (unpaired) electrons. The second-order valence-corrected chi connectivity index (χ2v) is 9.22. The zero-order valence-electron chi connectivity index (χ0n) is 16.5. The van der Waals surface area contributed by atoms with Gasteiger partial charge in [0.15, 0.2) is 5.78 Å². The predicted molar refractivity (Wildman–Crippen MR) is 112 cm³/mol. The van der Waals surface area contributed by atoms with Crippen LogP contribution in [0.2, 0.25) is 0 Å². The molecule has 0 saturated heterocycles. The number of allylic oxidation sites excluding steroid dienone is 3. The van der Waals surface area contributed by atoms with E-state index >= 15 is 0 Å². The number of ketones is 1. The number of nitrogens with zero attached hydrogens (tertiary/aromatic N) is 4. The highest BCUT2D eigenvalue weighted by Crippen LogP contribution is 2.51. The fourth-order valence-corrected chi connectivity index (χ4v) is 5.11. The molecule has 9 heteroatoms. The molecule has 152 valence electrons. The Morgan fingerprint density at radius 1 is 1.37 bits per heavy atom. The van der Waals surface area contributed by atoms with Crippen molar-refractivity contribution in [3.05, 3.63) is 74.3 Å². The number of rotatable bonds is 3. The molecule has 2 aromatic rings. The molecule has 1 atom stereocenters. The van der Waals surface area contributed by atoms with Crippen molar-refractivity contribution in [2.45, 2.75) is 32.6 Å². The number of Topliss-reactive ketones (excluding diaryl/α,β-unsaturated/α-hetero) is 1. The Bertz CT molecular complexity index is 1160. The lowest BCUT2D eigenvalue weighted by Crippen LogP contribution is -2.42. The highest BCUT2D eigenvalue weighted by molar-refractivity contribution is 7.15. The summed E-state index contributed by atoms with van der Waals surface area (Å²) >= 11 is 0.966. The number of anilines is 1. The highest BCUT2D eigenvalue weighted by Gasteiger charge is 2.45. The van der Waals surface area contributed by atoms with Gasteiger partial charge in [0.05, 0.1) is 34.4 Å². The van der Waals surface area contributed by atoms with Crippen LogP contribution in [-0.4, -0.2) is 15.7 Å². The first-order valence-corrected chi connectivity index (χ1v) is 10.2. The topological polar surface area (TPSA) is 126 Å². The SMILES string of the molecule is CC1(C)CC(=O)C2=C(C1)N(c1cccnc1)C(N)=C(C#N)[C@@H]2c1ccc([N+](=O)[O-])s1. The van der Waals surface area contributed by atoms with Crippen LogP contribution >= 0.6 is 11.3 Å². The third-order valence-corrected chi connectivity index (χ3v) is 6.46. The fraction of sp³-hybridized carbons (Fsp3) is 0.286. The van der Waals surface area contributed by atoms with Gasteiger partial charge in [-0.15, -0.1) is 0 Å². The van der Waals surface area contributed by atoms with E-state index in [-0.39, 0.29) is 27.6 Å². The molecule has 3 heterocycles. The van der Waals surface area contributed by atoms with E-state index in [0.717, 1.165) is 17.0 Å². The van der Waals surface area contributed by atoms with E-state index in [1.165, 1.54) is 6.07 Å². The molecule has 0 bridgehead atoms. The zero-order valence-corrected chi connectivity index (χ0v) is 17.3. The number of thiophene rings is 1. The highest BCUT2D eigenvalue weighted by atomic mass is 32.1. The normalized spacial score (nSPS) is 20.8. The molecule has 0 amide bonds. The Labute approximate surface area is 177 Å². The van der Waals surface area contributed by atoms with E-state index in [1.807, 2.05) is 19.9 Å². The molecule has 4 rings (SSSR count). The number of hydrogen-bond acceptors (Lipinski definition) is 8. The predicted octanol–water partition coefficient (Wildman–Crippen LogP) is 3.99. The minimum absolute atomic E-state index is 0.0405. The van der Waals surface area contributed by atoms with E-state index in [4.69, 9.17) is 5.73 Å². The molecule has 0 unspecified atom stereocenters. The maximum absolute atomic E-state index is 13.3. The number of carbonyl (C=O) groups excluding carboxylic acids is 1. The molecule has 1 aliphatic carbocycles. The number of hydrogen-bond donors (Lipinski definition) is 1. The van der Waals surface area contributed by atoms with Crippen molar-refractivity contribution in [1.29, 1.82) is 5.26 Å². The molecule has 2 aromatic heterocycles. The van der Waals surface area contributed by atoms with Crippen LogP contribution in [0.25, 0.3) is 0 Å². The minimum atomic E-state index is -0.708. The van der Waals surface area contributed by atoms with Crippen LogP contribution in [0.5, 0.6) is 0 Å². The fourth-order valence-electron chi connectivity index (χ4n) is 4.17. The van der Waals surface area contributed by atoms with Crippen LogP contribution in [0, 0.1) is 26.9 Å². The molecule has 2 aliphatic rings. The van der Waals surface area contributed by atoms with E-state index in [0.29, 0.717) is 29.0 Å². The van der Waals surface area contributed by atoms with Crippen molar-refractivity contribution < 1.29 is 9.72 Å². The third-order valence-electron chi connectivity index (χ3n) is 5.36. The Morgan fingerprint density at radius 3 is 2.73 bits per heavy atom. The third kappa shape index (κ3) is 3.15. The Morgan fingerprint density at radius 2 is 2.13 bits per heavy atom. The molecule has 0 saturated carbocycles. The van der Waals surface area contributed by atoms with Gasteiger partial charge in [-0.1, -0.05) is 25.2 Å². The van der Waals surface area contributed by atoms with E-state index in [1.54, 1.807) is 29.4 Å². The summed E-state index contributed by atoms with van der Waals surface area (Å²) < 4.78 is 0. The van der Waals surface area contributed by atoms with E-state index in [9.17, 15) is 20.2 Å². The number of aromatic nitrogens is 1. The lowest BCUT2D eigenvalue weighted by molar-refractivity contribution is -0.380. The minimum Gasteiger partial charge on any atom is -0.384 e. The maximum Gasteiger partial charge on any atom is 0.324 e. The van der Waals surface area contributed by atoms with Gasteiger partial charge in [0.1, 0.15) is 5.82 Å². The Balaban J connectivity index is 1.98. The summed E-state index contributed by atoms with van der Waals surface area (Å²) in [5.41, 5.74) is 8.28. The number of nitrogens with two attached hydrogens (primary N) is 1. The second-order valence-electron chi connectivity index (χ2n) is 8.12. The second kappa shape index (κ2) is 7.07. The van der Waals surface area contributed by atoms with Gasteiger partial charge in [-0.05, 0) is 30.0 Å². The molecule has 8 nitrogen and oxygen atoms in total. The van der Waals surface area contributed by atoms with Crippen molar-refractivity contribution in [3.8, 4) is 6.07 Å². The van der Waals surface area contributed by atoms with Gasteiger partial charge in [0.25, 0.3) is 0 Å². The van der Waals surface area contributed by atoms with Crippen molar-refractivity contribution in [2.24, 2.45) is 11.1 Å². The Kier molecular flexibility index (Phi) is 4.67. The lowest BCUT2D eigenvalue weighted by Gasteiger charge is -2.43. The summed E-state index contributed by atoms with van der Waals surface area (Å²) in [5.74, 6) is -0.563. The van der Waals surface area contributed by atoms with Crippen LogP contribution in [-0.2, 0) is 4.79 Å². The van der Waals surface area contributed by atoms with Gasteiger partial charge in [-0.3, -0.25) is 24.8 Å². The van der Waals surface area contributed by atoms with Gasteiger partial charge in [-0.2, -0.15) is 5.26 Å². The van der Waals surface area contributed by atoms with Crippen LogP contribution in [0.3, 0.4) is 0 Å². The molecule has 2 N–H and O–H groups in total. The summed E-state index contributed by atoms with van der Waals surface area (Å²) in [6.07, 6.45) is 4.17. The summed E-state index contributed by atoms with van der Waals surface area (Å²) in [4.78, 5) is 30.5. The number of carbonyl (C=O) groups is 1. The molecule has 0 spiro atoms. The van der Waals surface area contributed by atoms with Gasteiger partial charge in [0, 0.05) is 34.8 Å². The largest absolute Gasteiger partial charge is 0.384 e. The Hall–Kier alpha value is -3.51. The first-order valence-electron chi connectivity index (χ1n) is 9.34. The van der Waals surface area contributed by atoms with Crippen molar-refractivity contribution in [3.63, 3.8) is 0 Å². The monoisotopic (exact) mass is 421 g/mol. The first kappa shape index (κ1) is 19.8. The molecule has 30 heavy (non-hydrogen) atoms. The average Bonchev–Trinajstić information content (AvgIpc) is 3.17. The van der Waals surface area contributed by atoms with Crippen LogP contribution in [0.15, 0.2) is 59.3 Å². The molecule has 0 aromatic carbocycles. The summed E-state index contributed by atoms with van der Waals surface area (Å²) in [6, 6.07) is 8.75. The number of nitro groups is 1. The summed E-state index contributed by atoms with van der Waals surface area (Å²) in [6.45, 7) is 4.03. The first-order chi connectivity index (χ1) is 14.2. The van der Waals surface area contributed by atoms with Crippen molar-refractivity contribution in [2.75, 3.05) is 4.90 Å². The summed E-state index contributed by atoms with van der Waals surface area (Å²) in [7, 11) is 0.